The predicted molar refractivity (Wildman–Crippen MR) is 50.7 cm³/mol. The van der Waals surface area contributed by atoms with Crippen LogP contribution in [0.5, 0.6) is 0 Å². The van der Waals surface area contributed by atoms with E-state index >= 15 is 0 Å². The Labute approximate surface area is 69.7 Å². The third-order valence-electron chi connectivity index (χ3n) is 0.940. The van der Waals surface area contributed by atoms with Crippen LogP contribution in [0.4, 0.5) is 0 Å². The van der Waals surface area contributed by atoms with Crippen molar-refractivity contribution >= 4 is 0 Å². The second-order valence-electron chi connectivity index (χ2n) is 1.65. The summed E-state index contributed by atoms with van der Waals surface area (Å²) < 4.78 is 0. The highest BCUT2D eigenvalue weighted by Crippen LogP contribution is 1.92. The average Bonchev–Trinajstić information content (AvgIpc) is 2.13. The average molecular weight is 154 g/mol. The van der Waals surface area contributed by atoms with Crippen LogP contribution in [-0.4, -0.2) is 12.2 Å². The summed E-state index contributed by atoms with van der Waals surface area (Å²) in [5.74, 6) is 0. The molecule has 0 saturated heterocycles. The summed E-state index contributed by atoms with van der Waals surface area (Å²) >= 11 is 0. The van der Waals surface area contributed by atoms with Crippen LogP contribution in [0, 0.1) is 6.92 Å². The normalized spacial score (nSPS) is 6.64. The molecule has 0 aliphatic rings. The fraction of sp³-hybridized carbons (Fsp3) is 0.400. The summed E-state index contributed by atoms with van der Waals surface area (Å²) in [4.78, 5) is 0. The number of rotatable bonds is 0. The van der Waals surface area contributed by atoms with Crippen LogP contribution in [0.1, 0.15) is 19.4 Å². The molecule has 0 aliphatic heterocycles. The van der Waals surface area contributed by atoms with Crippen molar-refractivity contribution in [2.24, 2.45) is 0 Å². The van der Waals surface area contributed by atoms with Gasteiger partial charge in [0.15, 0.2) is 0 Å². The Morgan fingerprint density at radius 1 is 0.909 bits per heavy atom. The lowest BCUT2D eigenvalue weighted by molar-refractivity contribution is 0.399. The molecule has 0 spiro atoms. The smallest absolute Gasteiger partial charge is 0.0319 e. The van der Waals surface area contributed by atoms with E-state index in [2.05, 4.69) is 19.1 Å². The van der Waals surface area contributed by atoms with E-state index in [-0.39, 0.29) is 0 Å². The van der Waals surface area contributed by atoms with E-state index in [1.165, 1.54) is 5.56 Å². The van der Waals surface area contributed by atoms with Gasteiger partial charge in [0.1, 0.15) is 0 Å². The van der Waals surface area contributed by atoms with Gasteiger partial charge >= 0.3 is 0 Å². The lowest BCUT2D eigenvalue weighted by Crippen LogP contribution is -1.62. The molecule has 1 nitrogen and oxygen atoms in total. The van der Waals surface area contributed by atoms with Crippen LogP contribution in [0.15, 0.2) is 30.3 Å². The van der Waals surface area contributed by atoms with Gasteiger partial charge in [-0.1, -0.05) is 49.7 Å². The Morgan fingerprint density at radius 2 is 1.27 bits per heavy atom. The largest absolute Gasteiger partial charge is 0.400 e. The maximum absolute atomic E-state index is 7.00. The van der Waals surface area contributed by atoms with Gasteiger partial charge in [-0.2, -0.15) is 0 Å². The molecular weight excluding hydrogens is 136 g/mol. The van der Waals surface area contributed by atoms with Crippen molar-refractivity contribution in [3.8, 4) is 0 Å². The van der Waals surface area contributed by atoms with E-state index in [1.807, 2.05) is 32.0 Å². The molecule has 11 heavy (non-hydrogen) atoms. The Hall–Kier alpha value is -0.820. The minimum absolute atomic E-state index is 1.00. The highest BCUT2D eigenvalue weighted by molar-refractivity contribution is 5.11. The summed E-state index contributed by atoms with van der Waals surface area (Å²) in [6, 6.07) is 10.3. The number of hydrogen-bond donors (Lipinski definition) is 1. The van der Waals surface area contributed by atoms with Crippen molar-refractivity contribution in [3.05, 3.63) is 35.9 Å². The summed E-state index contributed by atoms with van der Waals surface area (Å²) in [5.41, 5.74) is 1.32. The maximum atomic E-state index is 7.00. The summed E-state index contributed by atoms with van der Waals surface area (Å²) in [6.45, 7) is 6.08. The highest BCUT2D eigenvalue weighted by Gasteiger charge is 1.72. The van der Waals surface area contributed by atoms with Gasteiger partial charge in [-0.15, -0.1) is 0 Å². The van der Waals surface area contributed by atoms with Gasteiger partial charge in [-0.25, -0.2) is 0 Å². The molecule has 0 unspecified atom stereocenters. The molecule has 0 radical (unpaired) electrons. The van der Waals surface area contributed by atoms with E-state index < -0.39 is 0 Å². The molecule has 1 N–H and O–H groups in total. The van der Waals surface area contributed by atoms with Gasteiger partial charge in [-0.05, 0) is 6.92 Å². The quantitative estimate of drug-likeness (QED) is 0.609. The van der Waals surface area contributed by atoms with E-state index in [1.54, 1.807) is 0 Å². The Morgan fingerprint density at radius 3 is 1.45 bits per heavy atom. The number of aliphatic hydroxyl groups is 1. The summed E-state index contributed by atoms with van der Waals surface area (Å²) in [6.07, 6.45) is 0. The molecule has 0 atom stereocenters. The van der Waals surface area contributed by atoms with Gasteiger partial charge in [0, 0.05) is 7.11 Å². The number of benzene rings is 1. The first kappa shape index (κ1) is 12.8. The van der Waals surface area contributed by atoms with Crippen LogP contribution in [-0.2, 0) is 0 Å². The SMILES string of the molecule is CC.CO.Cc1ccccc1. The molecule has 1 aromatic carbocycles. The van der Waals surface area contributed by atoms with Gasteiger partial charge in [0.25, 0.3) is 0 Å². The Kier molecular flexibility index (Phi) is 13.9. The predicted octanol–water partition coefficient (Wildman–Crippen LogP) is 2.63. The minimum Gasteiger partial charge on any atom is -0.400 e. The Balaban J connectivity index is 0. The zero-order valence-electron chi connectivity index (χ0n) is 7.83. The first-order valence-corrected chi connectivity index (χ1v) is 3.86. The fourth-order valence-corrected chi connectivity index (χ4v) is 0.534. The molecule has 1 aromatic rings. The number of hydrogen-bond acceptors (Lipinski definition) is 1. The van der Waals surface area contributed by atoms with Crippen molar-refractivity contribution in [2.45, 2.75) is 20.8 Å². The van der Waals surface area contributed by atoms with Crippen LogP contribution >= 0.6 is 0 Å². The van der Waals surface area contributed by atoms with Gasteiger partial charge in [0.05, 0.1) is 0 Å². The maximum Gasteiger partial charge on any atom is 0.0319 e. The molecular formula is C10H18O. The first-order valence-electron chi connectivity index (χ1n) is 3.86. The van der Waals surface area contributed by atoms with Crippen LogP contribution in [0.3, 0.4) is 0 Å². The van der Waals surface area contributed by atoms with Gasteiger partial charge in [0.2, 0.25) is 0 Å². The van der Waals surface area contributed by atoms with Crippen molar-refractivity contribution < 1.29 is 5.11 Å². The summed E-state index contributed by atoms with van der Waals surface area (Å²) in [7, 11) is 1.00. The molecule has 1 rings (SSSR count). The number of aliphatic hydroxyl groups excluding tert-OH is 1. The molecule has 0 fully saturated rings. The zero-order valence-corrected chi connectivity index (χ0v) is 7.83. The van der Waals surface area contributed by atoms with Gasteiger partial charge < -0.3 is 5.11 Å². The van der Waals surface area contributed by atoms with Crippen LogP contribution in [0.25, 0.3) is 0 Å². The third kappa shape index (κ3) is 9.18. The van der Waals surface area contributed by atoms with Crippen molar-refractivity contribution in [1.29, 1.82) is 0 Å². The molecule has 0 heterocycles. The minimum atomic E-state index is 1.00. The van der Waals surface area contributed by atoms with Gasteiger partial charge in [-0.3, -0.25) is 0 Å². The lowest BCUT2D eigenvalue weighted by atomic mass is 10.2. The second-order valence-corrected chi connectivity index (χ2v) is 1.65. The highest BCUT2D eigenvalue weighted by atomic mass is 16.2. The third-order valence-corrected chi connectivity index (χ3v) is 0.940. The number of aryl methyl sites for hydroxylation is 1. The van der Waals surface area contributed by atoms with Crippen molar-refractivity contribution in [2.75, 3.05) is 7.11 Å². The molecule has 0 aromatic heterocycles. The zero-order chi connectivity index (χ0) is 9.11. The lowest BCUT2D eigenvalue weighted by Gasteiger charge is -1.82. The van der Waals surface area contributed by atoms with Crippen LogP contribution in [0.2, 0.25) is 0 Å². The molecule has 64 valence electrons. The topological polar surface area (TPSA) is 20.2 Å². The first-order chi connectivity index (χ1) is 5.39. The molecule has 0 aliphatic carbocycles. The molecule has 0 amide bonds. The van der Waals surface area contributed by atoms with E-state index in [0.29, 0.717) is 0 Å². The fourth-order valence-electron chi connectivity index (χ4n) is 0.534. The molecule has 1 heteroatoms. The Bertz CT molecular complexity index is 135. The summed E-state index contributed by atoms with van der Waals surface area (Å²) in [5, 5.41) is 7.00. The monoisotopic (exact) mass is 154 g/mol. The van der Waals surface area contributed by atoms with E-state index in [4.69, 9.17) is 5.11 Å². The van der Waals surface area contributed by atoms with E-state index in [9.17, 15) is 0 Å². The second kappa shape index (κ2) is 11.9. The van der Waals surface area contributed by atoms with Crippen molar-refractivity contribution in [3.63, 3.8) is 0 Å². The van der Waals surface area contributed by atoms with Crippen molar-refractivity contribution in [1.82, 2.24) is 0 Å². The van der Waals surface area contributed by atoms with Crippen LogP contribution < -0.4 is 0 Å². The molecule has 0 bridgehead atoms. The van der Waals surface area contributed by atoms with E-state index in [0.717, 1.165) is 7.11 Å². The molecule has 0 saturated carbocycles. The standard InChI is InChI=1S/C7H8.C2H6.CH4O/c1-7-5-3-2-4-6-7;2*1-2/h2-6H,1H3;1-2H3;2H,1H3.